The van der Waals surface area contributed by atoms with Crippen molar-refractivity contribution in [1.29, 1.82) is 0 Å². The first-order valence-electron chi connectivity index (χ1n) is 5.07. The van der Waals surface area contributed by atoms with Gasteiger partial charge in [-0.05, 0) is 0 Å². The summed E-state index contributed by atoms with van der Waals surface area (Å²) in [7, 11) is 0. The van der Waals surface area contributed by atoms with Crippen LogP contribution in [0, 0.1) is 21.7 Å². The van der Waals surface area contributed by atoms with Crippen molar-refractivity contribution in [2.24, 2.45) is 0 Å². The molecule has 0 amide bonds. The van der Waals surface area contributed by atoms with Crippen molar-refractivity contribution in [2.75, 3.05) is 13.2 Å². The predicted molar refractivity (Wildman–Crippen MR) is 57.8 cm³/mol. The SMILES string of the molecule is O=[N+]([O-])c1cc(CNC(CO)CO)c(F)cc1F. The van der Waals surface area contributed by atoms with Gasteiger partial charge in [0, 0.05) is 24.2 Å². The second-order valence-corrected chi connectivity index (χ2v) is 3.60. The maximum absolute atomic E-state index is 13.3. The van der Waals surface area contributed by atoms with Gasteiger partial charge in [-0.2, -0.15) is 4.39 Å². The third-order valence-corrected chi connectivity index (χ3v) is 2.33. The van der Waals surface area contributed by atoms with Crippen LogP contribution in [0.5, 0.6) is 0 Å². The quantitative estimate of drug-likeness (QED) is 0.506. The molecule has 0 spiro atoms. The van der Waals surface area contributed by atoms with Gasteiger partial charge in [-0.15, -0.1) is 0 Å². The number of nitrogens with zero attached hydrogens (tertiary/aromatic N) is 1. The van der Waals surface area contributed by atoms with E-state index in [2.05, 4.69) is 5.32 Å². The molecule has 6 nitrogen and oxygen atoms in total. The Morgan fingerprint density at radius 2 is 1.89 bits per heavy atom. The van der Waals surface area contributed by atoms with Gasteiger partial charge in [0.1, 0.15) is 5.82 Å². The number of nitro benzene ring substituents is 1. The highest BCUT2D eigenvalue weighted by Crippen LogP contribution is 2.21. The molecule has 0 saturated heterocycles. The van der Waals surface area contributed by atoms with Crippen LogP contribution in [0.15, 0.2) is 12.1 Å². The standard InChI is InChI=1S/C10H12F2N2O4/c11-8-2-9(12)10(14(17)18)1-6(8)3-13-7(4-15)5-16/h1-2,7,13,15-16H,3-5H2. The van der Waals surface area contributed by atoms with Crippen molar-refractivity contribution in [3.63, 3.8) is 0 Å². The van der Waals surface area contributed by atoms with Crippen LogP contribution >= 0.6 is 0 Å². The van der Waals surface area contributed by atoms with Crippen molar-refractivity contribution < 1.29 is 23.9 Å². The number of aliphatic hydroxyl groups is 2. The monoisotopic (exact) mass is 262 g/mol. The molecule has 100 valence electrons. The normalized spacial score (nSPS) is 10.9. The third kappa shape index (κ3) is 3.42. The summed E-state index contributed by atoms with van der Waals surface area (Å²) < 4.78 is 26.4. The number of hydrogen-bond donors (Lipinski definition) is 3. The van der Waals surface area contributed by atoms with Gasteiger partial charge in [0.05, 0.1) is 24.2 Å². The minimum Gasteiger partial charge on any atom is -0.395 e. The molecule has 0 unspecified atom stereocenters. The molecule has 0 atom stereocenters. The summed E-state index contributed by atoms with van der Waals surface area (Å²) in [5, 5.41) is 30.6. The number of rotatable bonds is 6. The molecule has 0 saturated carbocycles. The van der Waals surface area contributed by atoms with E-state index in [1.165, 1.54) is 0 Å². The van der Waals surface area contributed by atoms with Crippen molar-refractivity contribution >= 4 is 5.69 Å². The van der Waals surface area contributed by atoms with Gasteiger partial charge >= 0.3 is 5.69 Å². The smallest absolute Gasteiger partial charge is 0.305 e. The van der Waals surface area contributed by atoms with Crippen LogP contribution in [0.2, 0.25) is 0 Å². The second-order valence-electron chi connectivity index (χ2n) is 3.60. The molecular formula is C10H12F2N2O4. The lowest BCUT2D eigenvalue weighted by atomic mass is 10.1. The highest BCUT2D eigenvalue weighted by atomic mass is 19.1. The third-order valence-electron chi connectivity index (χ3n) is 2.33. The average molecular weight is 262 g/mol. The summed E-state index contributed by atoms with van der Waals surface area (Å²) in [6.45, 7) is -0.915. The fourth-order valence-corrected chi connectivity index (χ4v) is 1.30. The Hall–Kier alpha value is -1.64. The summed E-state index contributed by atoms with van der Waals surface area (Å²) >= 11 is 0. The molecular weight excluding hydrogens is 250 g/mol. The van der Waals surface area contributed by atoms with E-state index in [1.54, 1.807) is 0 Å². The van der Waals surface area contributed by atoms with E-state index in [0.717, 1.165) is 6.07 Å². The van der Waals surface area contributed by atoms with E-state index >= 15 is 0 Å². The molecule has 0 aliphatic heterocycles. The topological polar surface area (TPSA) is 95.6 Å². The van der Waals surface area contributed by atoms with E-state index in [4.69, 9.17) is 10.2 Å². The summed E-state index contributed by atoms with van der Waals surface area (Å²) in [6, 6.07) is 0.541. The largest absolute Gasteiger partial charge is 0.395 e. The lowest BCUT2D eigenvalue weighted by Crippen LogP contribution is -2.35. The van der Waals surface area contributed by atoms with Crippen LogP contribution in [0.1, 0.15) is 5.56 Å². The highest BCUT2D eigenvalue weighted by molar-refractivity contribution is 5.37. The lowest BCUT2D eigenvalue weighted by molar-refractivity contribution is -0.387. The van der Waals surface area contributed by atoms with Crippen molar-refractivity contribution in [3.8, 4) is 0 Å². The number of aliphatic hydroxyl groups excluding tert-OH is 2. The van der Waals surface area contributed by atoms with Crippen molar-refractivity contribution in [3.05, 3.63) is 39.4 Å². The first kappa shape index (κ1) is 14.4. The summed E-state index contributed by atoms with van der Waals surface area (Å²) in [5.74, 6) is -2.18. The van der Waals surface area contributed by atoms with Crippen LogP contribution < -0.4 is 5.32 Å². The molecule has 0 aliphatic rings. The Balaban J connectivity index is 2.88. The van der Waals surface area contributed by atoms with E-state index in [-0.39, 0.29) is 25.3 Å². The van der Waals surface area contributed by atoms with Crippen LogP contribution in [0.3, 0.4) is 0 Å². The van der Waals surface area contributed by atoms with Gasteiger partial charge in [-0.25, -0.2) is 4.39 Å². The number of halogens is 2. The van der Waals surface area contributed by atoms with Crippen LogP contribution in [-0.2, 0) is 6.54 Å². The minimum absolute atomic E-state index is 0.116. The molecule has 0 aromatic heterocycles. The Morgan fingerprint density at radius 1 is 1.28 bits per heavy atom. The Bertz CT molecular complexity index is 438. The molecule has 1 aromatic carbocycles. The van der Waals surface area contributed by atoms with Crippen molar-refractivity contribution in [1.82, 2.24) is 5.32 Å². The summed E-state index contributed by atoms with van der Waals surface area (Å²) in [4.78, 5) is 9.53. The maximum Gasteiger partial charge on any atom is 0.305 e. The zero-order valence-corrected chi connectivity index (χ0v) is 9.27. The van der Waals surface area contributed by atoms with Crippen LogP contribution in [0.25, 0.3) is 0 Å². The number of benzene rings is 1. The number of nitrogens with one attached hydrogen (secondary N) is 1. The number of nitro groups is 1. The summed E-state index contributed by atoms with van der Waals surface area (Å²) in [5.41, 5.74) is -0.937. The molecule has 18 heavy (non-hydrogen) atoms. The molecule has 0 aliphatic carbocycles. The van der Waals surface area contributed by atoms with Gasteiger partial charge < -0.3 is 15.5 Å². The van der Waals surface area contributed by atoms with Crippen LogP contribution in [-0.4, -0.2) is 34.4 Å². The van der Waals surface area contributed by atoms with E-state index in [9.17, 15) is 18.9 Å². The second kappa shape index (κ2) is 6.34. The van der Waals surface area contributed by atoms with E-state index < -0.39 is 28.3 Å². The molecule has 1 aromatic rings. The van der Waals surface area contributed by atoms with E-state index in [0.29, 0.717) is 6.07 Å². The molecule has 3 N–H and O–H groups in total. The van der Waals surface area contributed by atoms with Gasteiger partial charge in [-0.3, -0.25) is 10.1 Å². The van der Waals surface area contributed by atoms with Crippen LogP contribution in [0.4, 0.5) is 14.5 Å². The fraction of sp³-hybridized carbons (Fsp3) is 0.400. The van der Waals surface area contributed by atoms with E-state index in [1.807, 2.05) is 0 Å². The van der Waals surface area contributed by atoms with Crippen molar-refractivity contribution in [2.45, 2.75) is 12.6 Å². The van der Waals surface area contributed by atoms with Gasteiger partial charge in [0.15, 0.2) is 0 Å². The molecule has 0 bridgehead atoms. The molecule has 0 heterocycles. The first-order valence-corrected chi connectivity index (χ1v) is 5.07. The fourth-order valence-electron chi connectivity index (χ4n) is 1.30. The zero-order valence-electron chi connectivity index (χ0n) is 9.27. The molecule has 0 radical (unpaired) electrons. The Morgan fingerprint density at radius 3 is 2.39 bits per heavy atom. The summed E-state index contributed by atoms with van der Waals surface area (Å²) in [6.07, 6.45) is 0. The zero-order chi connectivity index (χ0) is 13.7. The molecule has 0 fully saturated rings. The van der Waals surface area contributed by atoms with Gasteiger partial charge in [0.25, 0.3) is 0 Å². The first-order chi connectivity index (χ1) is 8.49. The maximum atomic E-state index is 13.3. The highest BCUT2D eigenvalue weighted by Gasteiger charge is 2.18. The van der Waals surface area contributed by atoms with Gasteiger partial charge in [-0.1, -0.05) is 0 Å². The Labute approximate surface area is 101 Å². The van der Waals surface area contributed by atoms with Gasteiger partial charge in [0.2, 0.25) is 5.82 Å². The molecule has 8 heteroatoms. The minimum atomic E-state index is -1.25. The average Bonchev–Trinajstić information content (AvgIpc) is 2.32. The lowest BCUT2D eigenvalue weighted by Gasteiger charge is -2.13. The predicted octanol–water partition coefficient (Wildman–Crippen LogP) is 0.316. The molecule has 1 rings (SSSR count). The Kier molecular flexibility index (Phi) is 5.08. The number of hydrogen-bond acceptors (Lipinski definition) is 5.